The molecule has 1 aromatic rings. The van der Waals surface area contributed by atoms with Gasteiger partial charge in [0.1, 0.15) is 5.01 Å². The molecule has 4 nitrogen and oxygen atoms in total. The maximum absolute atomic E-state index is 13.1. The number of hydrogen-bond acceptors (Lipinski definition) is 4. The third-order valence-electron chi connectivity index (χ3n) is 3.79. The van der Waals surface area contributed by atoms with Gasteiger partial charge in [-0.15, -0.1) is 11.3 Å². The molecule has 2 N–H and O–H groups in total. The summed E-state index contributed by atoms with van der Waals surface area (Å²) >= 11 is 0.863. The minimum Gasteiger partial charge on any atom is -0.389 e. The SMILES string of the molecule is Cc1csc(C(NC(=O)CC2(O)CCCCC2)C(F)(F)F)n1. The molecule has 1 saturated carbocycles. The average Bonchev–Trinajstić information content (AvgIpc) is 2.81. The van der Waals surface area contributed by atoms with Crippen LogP contribution < -0.4 is 5.32 Å². The summed E-state index contributed by atoms with van der Waals surface area (Å²) in [6.45, 7) is 1.60. The van der Waals surface area contributed by atoms with Gasteiger partial charge in [-0.3, -0.25) is 4.79 Å². The molecule has 0 aliphatic heterocycles. The number of carbonyl (C=O) groups excluding carboxylic acids is 1. The number of aromatic nitrogens is 1. The highest BCUT2D eigenvalue weighted by molar-refractivity contribution is 7.09. The van der Waals surface area contributed by atoms with E-state index >= 15 is 0 Å². The van der Waals surface area contributed by atoms with E-state index in [4.69, 9.17) is 0 Å². The minimum absolute atomic E-state index is 0.186. The van der Waals surface area contributed by atoms with Crippen LogP contribution in [0.2, 0.25) is 0 Å². The van der Waals surface area contributed by atoms with Crippen LogP contribution in [0.25, 0.3) is 0 Å². The Morgan fingerprint density at radius 1 is 1.45 bits per heavy atom. The summed E-state index contributed by atoms with van der Waals surface area (Å²) in [4.78, 5) is 15.8. The molecule has 0 spiro atoms. The quantitative estimate of drug-likeness (QED) is 0.887. The van der Waals surface area contributed by atoms with E-state index in [1.807, 2.05) is 5.32 Å². The van der Waals surface area contributed by atoms with E-state index in [0.717, 1.165) is 30.6 Å². The first kappa shape index (κ1) is 17.2. The average molecular weight is 336 g/mol. The van der Waals surface area contributed by atoms with Gasteiger partial charge in [0.2, 0.25) is 5.91 Å². The zero-order chi connectivity index (χ0) is 16.4. The van der Waals surface area contributed by atoms with Crippen LogP contribution in [-0.2, 0) is 4.79 Å². The molecule has 1 aliphatic carbocycles. The van der Waals surface area contributed by atoms with Crippen molar-refractivity contribution in [3.8, 4) is 0 Å². The van der Waals surface area contributed by atoms with Crippen molar-refractivity contribution in [2.45, 2.75) is 63.3 Å². The summed E-state index contributed by atoms with van der Waals surface area (Å²) in [7, 11) is 0. The minimum atomic E-state index is -4.62. The summed E-state index contributed by atoms with van der Waals surface area (Å²) in [5, 5.41) is 13.6. The molecule has 1 amide bonds. The number of aliphatic hydroxyl groups is 1. The van der Waals surface area contributed by atoms with E-state index in [9.17, 15) is 23.1 Å². The molecule has 8 heteroatoms. The smallest absolute Gasteiger partial charge is 0.389 e. The van der Waals surface area contributed by atoms with Crippen molar-refractivity contribution in [2.24, 2.45) is 0 Å². The van der Waals surface area contributed by atoms with E-state index in [1.54, 1.807) is 6.92 Å². The number of halogens is 3. The van der Waals surface area contributed by atoms with Crippen LogP contribution in [0.5, 0.6) is 0 Å². The Labute approximate surface area is 130 Å². The highest BCUT2D eigenvalue weighted by atomic mass is 32.1. The number of alkyl halides is 3. The third kappa shape index (κ3) is 4.42. The largest absolute Gasteiger partial charge is 0.415 e. The second kappa shape index (κ2) is 6.54. The Kier molecular flexibility index (Phi) is 5.11. The number of hydrogen-bond donors (Lipinski definition) is 2. The van der Waals surface area contributed by atoms with Crippen LogP contribution >= 0.6 is 11.3 Å². The number of carbonyl (C=O) groups is 1. The molecule has 0 saturated heterocycles. The summed E-state index contributed by atoms with van der Waals surface area (Å²) < 4.78 is 39.4. The van der Waals surface area contributed by atoms with Crippen molar-refractivity contribution < 1.29 is 23.1 Å². The van der Waals surface area contributed by atoms with E-state index in [2.05, 4.69) is 4.98 Å². The Morgan fingerprint density at radius 2 is 2.09 bits per heavy atom. The van der Waals surface area contributed by atoms with Crippen molar-refractivity contribution >= 4 is 17.2 Å². The Bertz CT molecular complexity index is 524. The lowest BCUT2D eigenvalue weighted by Gasteiger charge is -2.32. The normalized spacial score (nSPS) is 19.7. The number of nitrogens with one attached hydrogen (secondary N) is 1. The van der Waals surface area contributed by atoms with Crippen LogP contribution in [0, 0.1) is 6.92 Å². The molecule has 0 aromatic carbocycles. The standard InChI is InChI=1S/C14H19F3N2O2S/c1-9-8-22-12(18-9)11(14(15,16)17)19-10(20)7-13(21)5-3-2-4-6-13/h8,11,21H,2-7H2,1H3,(H,19,20). The second-order valence-electron chi connectivity index (χ2n) is 5.83. The topological polar surface area (TPSA) is 62.2 Å². The zero-order valence-electron chi connectivity index (χ0n) is 12.2. The van der Waals surface area contributed by atoms with Crippen LogP contribution in [0.1, 0.15) is 55.3 Å². The summed E-state index contributed by atoms with van der Waals surface area (Å²) in [5.74, 6) is -0.792. The van der Waals surface area contributed by atoms with E-state index in [0.29, 0.717) is 18.5 Å². The van der Waals surface area contributed by atoms with Crippen molar-refractivity contribution in [3.05, 3.63) is 16.1 Å². The van der Waals surface area contributed by atoms with Crippen LogP contribution in [-0.4, -0.2) is 27.8 Å². The lowest BCUT2D eigenvalue weighted by atomic mass is 9.82. The van der Waals surface area contributed by atoms with Gasteiger partial charge in [-0.1, -0.05) is 19.3 Å². The van der Waals surface area contributed by atoms with E-state index in [-0.39, 0.29) is 11.4 Å². The van der Waals surface area contributed by atoms with Gasteiger partial charge >= 0.3 is 6.18 Å². The van der Waals surface area contributed by atoms with Crippen molar-refractivity contribution in [2.75, 3.05) is 0 Å². The number of thiazole rings is 1. The fourth-order valence-corrected chi connectivity index (χ4v) is 3.56. The Balaban J connectivity index is 2.05. The molecule has 1 fully saturated rings. The lowest BCUT2D eigenvalue weighted by Crippen LogP contribution is -2.43. The fraction of sp³-hybridized carbons (Fsp3) is 0.714. The first-order chi connectivity index (χ1) is 10.2. The van der Waals surface area contributed by atoms with Crippen molar-refractivity contribution in [1.82, 2.24) is 10.3 Å². The van der Waals surface area contributed by atoms with Gasteiger partial charge in [0, 0.05) is 11.1 Å². The second-order valence-corrected chi connectivity index (χ2v) is 6.72. The summed E-state index contributed by atoms with van der Waals surface area (Å²) in [5.41, 5.74) is -0.702. The van der Waals surface area contributed by atoms with Gasteiger partial charge in [-0.25, -0.2) is 4.98 Å². The number of aryl methyl sites for hydroxylation is 1. The van der Waals surface area contributed by atoms with Crippen molar-refractivity contribution in [3.63, 3.8) is 0 Å². The predicted octanol–water partition coefficient (Wildman–Crippen LogP) is 3.26. The first-order valence-corrected chi connectivity index (χ1v) is 8.08. The van der Waals surface area contributed by atoms with E-state index in [1.165, 1.54) is 5.38 Å². The first-order valence-electron chi connectivity index (χ1n) is 7.20. The van der Waals surface area contributed by atoms with Gasteiger partial charge in [-0.2, -0.15) is 13.2 Å². The molecule has 1 atom stereocenters. The van der Waals surface area contributed by atoms with Gasteiger partial charge in [-0.05, 0) is 19.8 Å². The predicted molar refractivity (Wildman–Crippen MR) is 76.4 cm³/mol. The maximum atomic E-state index is 13.1. The van der Waals surface area contributed by atoms with Crippen LogP contribution in [0.3, 0.4) is 0 Å². The molecule has 1 aromatic heterocycles. The molecule has 1 heterocycles. The van der Waals surface area contributed by atoms with Crippen LogP contribution in [0.4, 0.5) is 13.2 Å². The zero-order valence-corrected chi connectivity index (χ0v) is 13.1. The fourth-order valence-electron chi connectivity index (χ4n) is 2.69. The molecule has 1 unspecified atom stereocenters. The number of rotatable bonds is 4. The Morgan fingerprint density at radius 3 is 2.59 bits per heavy atom. The van der Waals surface area contributed by atoms with Crippen molar-refractivity contribution in [1.29, 1.82) is 0 Å². The molecule has 124 valence electrons. The molecule has 0 bridgehead atoms. The van der Waals surface area contributed by atoms with Gasteiger partial charge in [0.05, 0.1) is 12.0 Å². The Hall–Kier alpha value is -1.15. The summed E-state index contributed by atoms with van der Waals surface area (Å²) in [6.07, 6.45) is -1.45. The van der Waals surface area contributed by atoms with E-state index < -0.39 is 23.7 Å². The molecule has 22 heavy (non-hydrogen) atoms. The molecule has 1 aliphatic rings. The molecule has 2 rings (SSSR count). The molecular formula is C14H19F3N2O2S. The highest BCUT2D eigenvalue weighted by Crippen LogP contribution is 2.35. The van der Waals surface area contributed by atoms with Crippen LogP contribution in [0.15, 0.2) is 5.38 Å². The molecular weight excluding hydrogens is 317 g/mol. The third-order valence-corrected chi connectivity index (χ3v) is 4.82. The highest BCUT2D eigenvalue weighted by Gasteiger charge is 2.44. The maximum Gasteiger partial charge on any atom is 0.415 e. The van der Waals surface area contributed by atoms with Gasteiger partial charge < -0.3 is 10.4 Å². The summed E-state index contributed by atoms with van der Waals surface area (Å²) in [6, 6.07) is -2.12. The number of amides is 1. The monoisotopic (exact) mass is 336 g/mol. The number of nitrogens with zero attached hydrogens (tertiary/aromatic N) is 1. The van der Waals surface area contributed by atoms with Gasteiger partial charge in [0.15, 0.2) is 6.04 Å². The van der Waals surface area contributed by atoms with Gasteiger partial charge in [0.25, 0.3) is 0 Å². The molecule has 0 radical (unpaired) electrons. The lowest BCUT2D eigenvalue weighted by molar-refractivity contribution is -0.165.